The van der Waals surface area contributed by atoms with Gasteiger partial charge in [0.1, 0.15) is 0 Å². The Kier molecular flexibility index (Phi) is 5.37. The Morgan fingerprint density at radius 1 is 1.12 bits per heavy atom. The van der Waals surface area contributed by atoms with Crippen LogP contribution in [0.15, 0.2) is 48.5 Å². The van der Waals surface area contributed by atoms with E-state index >= 15 is 0 Å². The Hall–Kier alpha value is -3.32. The number of esters is 1. The highest BCUT2D eigenvalue weighted by atomic mass is 35.5. The van der Waals surface area contributed by atoms with E-state index in [1.165, 1.54) is 7.11 Å². The number of nitrogens with zero attached hydrogens (tertiary/aromatic N) is 2. The smallest absolute Gasteiger partial charge is 0.409 e. The zero-order chi connectivity index (χ0) is 23.2. The molecule has 33 heavy (non-hydrogen) atoms. The van der Waals surface area contributed by atoms with Crippen molar-refractivity contribution in [2.75, 3.05) is 33.3 Å². The van der Waals surface area contributed by atoms with Crippen LogP contribution in [0.5, 0.6) is 0 Å². The van der Waals surface area contributed by atoms with E-state index in [-0.39, 0.29) is 18.0 Å². The molecule has 0 aliphatic carbocycles. The Morgan fingerprint density at radius 3 is 2.67 bits per heavy atom. The molecule has 170 valence electrons. The second-order valence-electron chi connectivity index (χ2n) is 8.50. The van der Waals surface area contributed by atoms with E-state index in [2.05, 4.69) is 0 Å². The maximum Gasteiger partial charge on any atom is 0.409 e. The van der Waals surface area contributed by atoms with Gasteiger partial charge in [0, 0.05) is 31.6 Å². The second kappa shape index (κ2) is 8.23. The third-order valence-electron chi connectivity index (χ3n) is 6.66. The van der Waals surface area contributed by atoms with Crippen LogP contribution in [0.4, 0.5) is 4.79 Å². The number of benzene rings is 2. The molecule has 0 N–H and O–H groups in total. The predicted octanol–water partition coefficient (Wildman–Crippen LogP) is 4.11. The Bertz CT molecular complexity index is 1190. The fraction of sp³-hybridized carbons (Fsp3) is 0.320. The SMILES string of the molecule is COC(=O)N1CC=C(c2ccc(C(=O)N3CC[C@@]4(C3)OC(=O)c3ccccc34)c(Cl)c2)CC1. The number of ether oxygens (including phenoxy) is 2. The van der Waals surface area contributed by atoms with Crippen molar-refractivity contribution in [3.05, 3.63) is 75.8 Å². The largest absolute Gasteiger partial charge is 0.453 e. The van der Waals surface area contributed by atoms with E-state index in [9.17, 15) is 14.4 Å². The number of hydrogen-bond acceptors (Lipinski definition) is 5. The highest BCUT2D eigenvalue weighted by Crippen LogP contribution is 2.43. The average molecular weight is 467 g/mol. The van der Waals surface area contributed by atoms with Crippen LogP contribution >= 0.6 is 11.6 Å². The molecule has 1 saturated heterocycles. The van der Waals surface area contributed by atoms with Gasteiger partial charge in [-0.15, -0.1) is 0 Å². The van der Waals surface area contributed by atoms with E-state index < -0.39 is 5.60 Å². The number of rotatable bonds is 2. The number of carbonyl (C=O) groups is 3. The van der Waals surface area contributed by atoms with Gasteiger partial charge >= 0.3 is 12.1 Å². The molecule has 2 aromatic rings. The Labute approximate surface area is 196 Å². The topological polar surface area (TPSA) is 76.2 Å². The Balaban J connectivity index is 1.32. The zero-order valence-electron chi connectivity index (χ0n) is 18.2. The molecular weight excluding hydrogens is 444 g/mol. The highest BCUT2D eigenvalue weighted by molar-refractivity contribution is 6.34. The van der Waals surface area contributed by atoms with Crippen molar-refractivity contribution in [2.45, 2.75) is 18.4 Å². The molecule has 8 heteroatoms. The van der Waals surface area contributed by atoms with Gasteiger partial charge in [0.15, 0.2) is 5.60 Å². The molecule has 0 unspecified atom stereocenters. The van der Waals surface area contributed by atoms with Gasteiger partial charge < -0.3 is 19.3 Å². The minimum atomic E-state index is -0.784. The molecule has 0 saturated carbocycles. The van der Waals surface area contributed by atoms with Crippen molar-refractivity contribution in [2.24, 2.45) is 0 Å². The van der Waals surface area contributed by atoms with Crippen molar-refractivity contribution < 1.29 is 23.9 Å². The van der Waals surface area contributed by atoms with Gasteiger partial charge in [-0.1, -0.05) is 41.9 Å². The number of methoxy groups -OCH3 is 1. The summed E-state index contributed by atoms with van der Waals surface area (Å²) in [6.45, 7) is 1.82. The molecular formula is C25H23ClN2O5. The van der Waals surface area contributed by atoms with Crippen LogP contribution in [0.3, 0.4) is 0 Å². The zero-order valence-corrected chi connectivity index (χ0v) is 18.9. The maximum atomic E-state index is 13.3. The number of halogens is 1. The molecule has 1 fully saturated rings. The molecule has 3 aliphatic heterocycles. The molecule has 3 heterocycles. The minimum absolute atomic E-state index is 0.182. The fourth-order valence-electron chi connectivity index (χ4n) is 4.89. The van der Waals surface area contributed by atoms with E-state index in [1.807, 2.05) is 30.3 Å². The standard InChI is InChI=1S/C25H23ClN2O5/c1-32-24(31)27-11-8-16(9-12-27)17-6-7-19(21(26)14-17)22(29)28-13-10-25(15-28)20-5-3-2-4-18(20)23(30)33-25/h2-8,14H,9-13,15H2,1H3/t25-/m0/s1. The van der Waals surface area contributed by atoms with Gasteiger partial charge in [0.25, 0.3) is 5.91 Å². The molecule has 3 aliphatic rings. The van der Waals surface area contributed by atoms with Crippen molar-refractivity contribution in [3.63, 3.8) is 0 Å². The summed E-state index contributed by atoms with van der Waals surface area (Å²) in [4.78, 5) is 40.6. The molecule has 7 nitrogen and oxygen atoms in total. The van der Waals surface area contributed by atoms with Crippen LogP contribution in [0.1, 0.15) is 44.7 Å². The molecule has 2 amide bonds. The van der Waals surface area contributed by atoms with Gasteiger partial charge in [0.05, 0.1) is 29.8 Å². The van der Waals surface area contributed by atoms with Crippen LogP contribution in [-0.4, -0.2) is 61.1 Å². The quantitative estimate of drug-likeness (QED) is 0.622. The first-order chi connectivity index (χ1) is 15.9. The monoisotopic (exact) mass is 466 g/mol. The molecule has 2 aromatic carbocycles. The molecule has 5 rings (SSSR count). The van der Waals surface area contributed by atoms with Gasteiger partial charge in [-0.2, -0.15) is 0 Å². The average Bonchev–Trinajstić information content (AvgIpc) is 3.39. The van der Waals surface area contributed by atoms with Gasteiger partial charge in [0.2, 0.25) is 0 Å². The second-order valence-corrected chi connectivity index (χ2v) is 8.90. The maximum absolute atomic E-state index is 13.3. The third kappa shape index (κ3) is 3.66. The lowest BCUT2D eigenvalue weighted by molar-refractivity contribution is -0.00306. The number of carbonyl (C=O) groups excluding carboxylic acids is 3. The summed E-state index contributed by atoms with van der Waals surface area (Å²) in [6.07, 6.45) is 2.87. The first-order valence-corrected chi connectivity index (χ1v) is 11.2. The van der Waals surface area contributed by atoms with Crippen molar-refractivity contribution in [1.29, 1.82) is 0 Å². The van der Waals surface area contributed by atoms with Gasteiger partial charge in [-0.25, -0.2) is 9.59 Å². The molecule has 0 aromatic heterocycles. The summed E-state index contributed by atoms with van der Waals surface area (Å²) in [5, 5.41) is 0.374. The first-order valence-electron chi connectivity index (χ1n) is 10.9. The summed E-state index contributed by atoms with van der Waals surface area (Å²) in [6, 6.07) is 12.8. The summed E-state index contributed by atoms with van der Waals surface area (Å²) in [5.74, 6) is -0.521. The van der Waals surface area contributed by atoms with Crippen molar-refractivity contribution in [3.8, 4) is 0 Å². The van der Waals surface area contributed by atoms with Crippen LogP contribution in [0.25, 0.3) is 5.57 Å². The summed E-state index contributed by atoms with van der Waals surface area (Å²) in [7, 11) is 1.37. The van der Waals surface area contributed by atoms with Gasteiger partial charge in [-0.3, -0.25) is 4.79 Å². The van der Waals surface area contributed by atoms with Crippen LogP contribution in [0, 0.1) is 0 Å². The lowest BCUT2D eigenvalue weighted by Crippen LogP contribution is -2.35. The number of amides is 2. The third-order valence-corrected chi connectivity index (χ3v) is 6.97. The van der Waals surface area contributed by atoms with E-state index in [1.54, 1.807) is 28.0 Å². The van der Waals surface area contributed by atoms with Crippen LogP contribution in [0.2, 0.25) is 5.02 Å². The van der Waals surface area contributed by atoms with Gasteiger partial charge in [-0.05, 0) is 35.8 Å². The predicted molar refractivity (Wildman–Crippen MR) is 122 cm³/mol. The minimum Gasteiger partial charge on any atom is -0.453 e. The van der Waals surface area contributed by atoms with Crippen LogP contribution < -0.4 is 0 Å². The summed E-state index contributed by atoms with van der Waals surface area (Å²) >= 11 is 6.53. The highest BCUT2D eigenvalue weighted by Gasteiger charge is 2.51. The number of hydrogen-bond donors (Lipinski definition) is 0. The van der Waals surface area contributed by atoms with E-state index in [4.69, 9.17) is 21.1 Å². The molecule has 1 spiro atoms. The van der Waals surface area contributed by atoms with E-state index in [0.29, 0.717) is 55.2 Å². The summed E-state index contributed by atoms with van der Waals surface area (Å²) in [5.41, 5.74) is 3.05. The van der Waals surface area contributed by atoms with E-state index in [0.717, 1.165) is 16.7 Å². The lowest BCUT2D eigenvalue weighted by atomic mass is 9.91. The molecule has 1 atom stereocenters. The number of fused-ring (bicyclic) bond motifs is 2. The Morgan fingerprint density at radius 2 is 1.94 bits per heavy atom. The lowest BCUT2D eigenvalue weighted by Gasteiger charge is -2.26. The summed E-state index contributed by atoms with van der Waals surface area (Å²) < 4.78 is 10.5. The van der Waals surface area contributed by atoms with Crippen LogP contribution in [-0.2, 0) is 15.1 Å². The van der Waals surface area contributed by atoms with Crippen molar-refractivity contribution >= 4 is 35.1 Å². The number of likely N-dealkylation sites (tertiary alicyclic amines) is 1. The van der Waals surface area contributed by atoms with Crippen molar-refractivity contribution in [1.82, 2.24) is 9.80 Å². The molecule has 0 bridgehead atoms. The first kappa shape index (κ1) is 21.5. The normalized spacial score (nSPS) is 21.6. The fourth-order valence-corrected chi connectivity index (χ4v) is 5.15. The molecule has 0 radical (unpaired) electrons.